The molecule has 5 aromatic rings. The lowest BCUT2D eigenvalue weighted by atomic mass is 10.1. The van der Waals surface area contributed by atoms with Crippen molar-refractivity contribution in [1.29, 1.82) is 5.26 Å². The Morgan fingerprint density at radius 1 is 1.02 bits per heavy atom. The van der Waals surface area contributed by atoms with E-state index in [0.717, 1.165) is 17.2 Å². The fourth-order valence-electron chi connectivity index (χ4n) is 6.43. The molecule has 0 aliphatic carbocycles. The number of nitrogens with one attached hydrogen (secondary N) is 3. The van der Waals surface area contributed by atoms with Gasteiger partial charge in [-0.3, -0.25) is 47.4 Å². The maximum absolute atomic E-state index is 16.6. The Morgan fingerprint density at radius 3 is 2.42 bits per heavy atom. The molecule has 62 heavy (non-hydrogen) atoms. The molecule has 2 unspecified atom stereocenters. The third-order valence-corrected chi connectivity index (χ3v) is 12.3. The second kappa shape index (κ2) is 19.2. The predicted molar refractivity (Wildman–Crippen MR) is 213 cm³/mol. The fourth-order valence-corrected chi connectivity index (χ4v) is 9.01. The Balaban J connectivity index is 1.11. The molecule has 2 aliphatic rings. The van der Waals surface area contributed by atoms with Gasteiger partial charge >= 0.3 is 15.0 Å². The summed E-state index contributed by atoms with van der Waals surface area (Å²) in [6.45, 7) is -3.00. The molecule has 6 heterocycles. The normalized spacial score (nSPS) is 25.2. The number of nitriles is 1. The molecule has 1 aromatic carbocycles. The lowest BCUT2D eigenvalue weighted by Gasteiger charge is -2.28. The summed E-state index contributed by atoms with van der Waals surface area (Å²) in [4.78, 5) is 70.9. The number of ether oxygens (including phenoxy) is 2. The molecule has 2 aliphatic heterocycles. The first-order valence-corrected chi connectivity index (χ1v) is 22.4. The molecular weight excluding hydrogens is 886 g/mol. The second-order valence-electron chi connectivity index (χ2n) is 13.9. The fraction of sp³-hybridized carbons (Fsp3) is 0.441. The van der Waals surface area contributed by atoms with Crippen LogP contribution in [0.5, 0.6) is 0 Å². The molecule has 2 fully saturated rings. The topological polar surface area (TPSA) is 302 Å². The lowest BCUT2D eigenvalue weighted by molar-refractivity contribution is -0.118. The maximum Gasteiger partial charge on any atom is 0.327 e. The number of imidazole rings is 2. The van der Waals surface area contributed by atoms with E-state index in [0.29, 0.717) is 5.56 Å². The summed E-state index contributed by atoms with van der Waals surface area (Å²) in [7, 11) is -3.83. The largest absolute Gasteiger partial charge is 0.394 e. The molecule has 23 nitrogen and oxygen atoms in total. The van der Waals surface area contributed by atoms with Gasteiger partial charge in [0.25, 0.3) is 11.5 Å². The number of benzene rings is 1. The summed E-state index contributed by atoms with van der Waals surface area (Å²) in [5, 5.41) is 24.6. The van der Waals surface area contributed by atoms with Gasteiger partial charge in [0, 0.05) is 11.5 Å². The molecule has 0 bridgehead atoms. The van der Waals surface area contributed by atoms with E-state index < -0.39 is 101 Å². The molecule has 4 aromatic heterocycles. The maximum atomic E-state index is 16.6. The number of fused-ring (bicyclic) bond motifs is 2. The summed E-state index contributed by atoms with van der Waals surface area (Å²) in [5.41, 5.74) is -0.777. The van der Waals surface area contributed by atoms with Crippen LogP contribution in [-0.4, -0.2) is 117 Å². The number of nitrogens with zero attached hydrogens (tertiary/aromatic N) is 8. The van der Waals surface area contributed by atoms with E-state index in [1.165, 1.54) is 10.9 Å². The lowest BCUT2D eigenvalue weighted by Crippen LogP contribution is -2.34. The van der Waals surface area contributed by atoms with Crippen LogP contribution in [0.1, 0.15) is 43.1 Å². The highest BCUT2D eigenvalue weighted by atomic mass is 32.5. The Labute approximate surface area is 353 Å². The number of halogens is 2. The molecule has 2 saturated heterocycles. The highest BCUT2D eigenvalue weighted by Gasteiger charge is 2.52. The van der Waals surface area contributed by atoms with Crippen molar-refractivity contribution in [2.75, 3.05) is 30.5 Å². The van der Waals surface area contributed by atoms with Crippen molar-refractivity contribution < 1.29 is 60.5 Å². The molecule has 2 amide bonds. The number of aliphatic hydroxyl groups is 1. The van der Waals surface area contributed by atoms with Crippen LogP contribution in [0.4, 0.5) is 20.5 Å². The van der Waals surface area contributed by atoms with Crippen molar-refractivity contribution in [3.8, 4) is 6.07 Å². The molecule has 5 N–H and O–H groups in total. The van der Waals surface area contributed by atoms with Crippen molar-refractivity contribution in [2.45, 2.75) is 69.5 Å². The van der Waals surface area contributed by atoms with E-state index in [9.17, 15) is 34.2 Å². The number of aromatic amines is 1. The van der Waals surface area contributed by atoms with Gasteiger partial charge in [-0.1, -0.05) is 32.0 Å². The van der Waals surface area contributed by atoms with Crippen LogP contribution in [0.25, 0.3) is 22.3 Å². The van der Waals surface area contributed by atoms with Gasteiger partial charge in [0.1, 0.15) is 30.7 Å². The average molecular weight is 924 g/mol. The number of aliphatic hydroxyl groups excluding tert-OH is 1. The van der Waals surface area contributed by atoms with Crippen molar-refractivity contribution >= 4 is 72.7 Å². The number of alkyl halides is 2. The number of rotatable bonds is 17. The number of carbonyl (C=O) groups is 2. The van der Waals surface area contributed by atoms with Crippen LogP contribution >= 0.6 is 15.0 Å². The monoisotopic (exact) mass is 923 g/mol. The molecular formula is C34H37F2N11O12P2S. The van der Waals surface area contributed by atoms with Crippen LogP contribution in [0.2, 0.25) is 0 Å². The summed E-state index contributed by atoms with van der Waals surface area (Å²) in [5.74, 6) is -1.72. The van der Waals surface area contributed by atoms with E-state index in [2.05, 4.69) is 40.5 Å². The van der Waals surface area contributed by atoms with Crippen molar-refractivity contribution in [3.63, 3.8) is 0 Å². The zero-order chi connectivity index (χ0) is 44.3. The van der Waals surface area contributed by atoms with Gasteiger partial charge in [-0.2, -0.15) is 10.2 Å². The van der Waals surface area contributed by atoms with Gasteiger partial charge in [-0.15, -0.1) is 0 Å². The minimum Gasteiger partial charge on any atom is -0.394 e. The number of carbonyl (C=O) groups excluding carboxylic acids is 2. The summed E-state index contributed by atoms with van der Waals surface area (Å²) in [6.07, 6.45) is -11.0. The van der Waals surface area contributed by atoms with Crippen LogP contribution in [0.3, 0.4) is 0 Å². The molecule has 0 spiro atoms. The molecule has 7 rings (SSSR count). The molecule has 0 radical (unpaired) electrons. The van der Waals surface area contributed by atoms with Gasteiger partial charge in [0.05, 0.1) is 45.0 Å². The molecule has 0 saturated carbocycles. The zero-order valence-corrected chi connectivity index (χ0v) is 35.0. The Hall–Kier alpha value is -5.03. The Morgan fingerprint density at radius 2 is 1.73 bits per heavy atom. The number of hydrogen-bond acceptors (Lipinski definition) is 18. The molecule has 10 atom stereocenters. The Bertz CT molecular complexity index is 2620. The van der Waals surface area contributed by atoms with Crippen molar-refractivity contribution in [1.82, 2.24) is 39.0 Å². The van der Waals surface area contributed by atoms with E-state index in [-0.39, 0.29) is 47.1 Å². The van der Waals surface area contributed by atoms with E-state index in [1.54, 1.807) is 44.2 Å². The first kappa shape index (κ1) is 45.0. The first-order chi connectivity index (χ1) is 29.7. The third kappa shape index (κ3) is 9.48. The third-order valence-electron chi connectivity index (χ3n) is 9.43. The number of amides is 2. The highest BCUT2D eigenvalue weighted by Crippen LogP contribution is 2.55. The molecule has 330 valence electrons. The van der Waals surface area contributed by atoms with Crippen LogP contribution in [-0.2, 0) is 48.7 Å². The minimum atomic E-state index is -4.23. The van der Waals surface area contributed by atoms with E-state index in [1.807, 2.05) is 6.07 Å². The highest BCUT2D eigenvalue weighted by molar-refractivity contribution is 8.07. The number of anilines is 2. The van der Waals surface area contributed by atoms with Crippen molar-refractivity contribution in [2.24, 2.45) is 5.92 Å². The standard InChI is InChI=1S/C34H37F2N11O12P2S/c1-16(2)29(49)44-34-43-28-23(31(51)45-34)41-15-47(28)33-25(58-60(52)53)20(35)19(57-33)12-55-61(62,54-10-6-9-37)59-24-18(11-48)56-32(21(24)36)46-14-40-22-26(38-13-39-27(22)46)42-30(50)17-7-4-3-5-8-17/h3-5,7-8,13-16,18-21,24-25,32-33,48,60H,6,10-12H2,1-2H3,(H,52,53)(H,38,39,42,50)(H2,43,44,45,49,51)/t18-,19-,20-,21+,24-,25-,32-,33-,61?/m1/s1. The summed E-state index contributed by atoms with van der Waals surface area (Å²) in [6, 6.07) is 10.1. The number of hydrogen-bond donors (Lipinski definition) is 5. The quantitative estimate of drug-likeness (QED) is 0.0661. The van der Waals surface area contributed by atoms with Crippen LogP contribution < -0.4 is 16.2 Å². The smallest absolute Gasteiger partial charge is 0.327 e. The molecule has 28 heteroatoms. The minimum absolute atomic E-state index is 0.0185. The van der Waals surface area contributed by atoms with Gasteiger partial charge in [-0.25, -0.2) is 28.7 Å². The average Bonchev–Trinajstić information content (AvgIpc) is 4.02. The number of H-pyrrole nitrogens is 1. The van der Waals surface area contributed by atoms with Gasteiger partial charge in [-0.05, 0) is 23.9 Å². The van der Waals surface area contributed by atoms with Crippen LogP contribution in [0.15, 0.2) is 54.1 Å². The first-order valence-electron chi connectivity index (χ1n) is 18.6. The van der Waals surface area contributed by atoms with Crippen LogP contribution in [0, 0.1) is 17.2 Å². The zero-order valence-electron chi connectivity index (χ0n) is 32.3. The van der Waals surface area contributed by atoms with Gasteiger partial charge in [0.15, 0.2) is 52.9 Å². The van der Waals surface area contributed by atoms with E-state index >= 15 is 8.78 Å². The predicted octanol–water partition coefficient (Wildman–Crippen LogP) is 2.59. The van der Waals surface area contributed by atoms with E-state index in [4.69, 9.17) is 39.4 Å². The Kier molecular flexibility index (Phi) is 13.9. The second-order valence-corrected chi connectivity index (χ2v) is 17.6. The SMILES string of the molecule is CC(C)C(=O)Nc1nc2c(ncn2[C@@H]2O[C@H](COP(=S)(OCCC#N)O[C@H]3[C@H](F)[C@H](n4cnc5c(NC(=O)c6ccccc6)ncnc54)O[C@@H]3CO)[C@@H](F)[C@H]2O[PH](=O)O)c(=O)[nH]1. The van der Waals surface area contributed by atoms with Crippen molar-refractivity contribution in [3.05, 3.63) is 65.2 Å². The van der Waals surface area contributed by atoms with Gasteiger partial charge < -0.3 is 33.8 Å². The summed E-state index contributed by atoms with van der Waals surface area (Å²) >= 11 is 5.60. The number of aromatic nitrogens is 8. The summed E-state index contributed by atoms with van der Waals surface area (Å²) < 4.78 is 81.2. The van der Waals surface area contributed by atoms with Gasteiger partial charge in [0.2, 0.25) is 11.9 Å².